The van der Waals surface area contributed by atoms with Crippen LogP contribution in [0.4, 0.5) is 0 Å². The van der Waals surface area contributed by atoms with E-state index in [-0.39, 0.29) is 5.38 Å². The lowest BCUT2D eigenvalue weighted by Crippen LogP contribution is -1.91. The van der Waals surface area contributed by atoms with Crippen molar-refractivity contribution in [2.24, 2.45) is 0 Å². The molecule has 6 heteroatoms. The predicted octanol–water partition coefficient (Wildman–Crippen LogP) is 4.61. The summed E-state index contributed by atoms with van der Waals surface area (Å²) >= 11 is 9.65. The molecule has 2 aromatic heterocycles. The van der Waals surface area contributed by atoms with Crippen LogP contribution in [0, 0.1) is 13.8 Å². The molecule has 2 heterocycles. The van der Waals surface area contributed by atoms with Crippen molar-refractivity contribution in [3.8, 4) is 9.88 Å². The molecular weight excluding hydrogens is 310 g/mol. The molecule has 0 aliphatic carbocycles. The summed E-state index contributed by atoms with van der Waals surface area (Å²) in [7, 11) is 0. The van der Waals surface area contributed by atoms with Gasteiger partial charge in [-0.1, -0.05) is 41.7 Å². The van der Waals surface area contributed by atoms with E-state index in [4.69, 9.17) is 11.6 Å². The van der Waals surface area contributed by atoms with Crippen LogP contribution in [0.3, 0.4) is 0 Å². The topological polar surface area (TPSA) is 38.7 Å². The van der Waals surface area contributed by atoms with Gasteiger partial charge in [0.25, 0.3) is 0 Å². The number of aryl methyl sites for hydroxylation is 2. The Morgan fingerprint density at radius 1 is 1.05 bits per heavy atom. The van der Waals surface area contributed by atoms with Crippen molar-refractivity contribution in [3.63, 3.8) is 0 Å². The van der Waals surface area contributed by atoms with E-state index >= 15 is 0 Å². The third-order valence-corrected chi connectivity index (χ3v) is 5.65. The van der Waals surface area contributed by atoms with E-state index in [1.165, 1.54) is 11.3 Å². The minimum absolute atomic E-state index is 0.253. The SMILES string of the molecule is Cc1nc(C)c(-c2nnc(C(Cl)c3ccccc3)s2)s1. The van der Waals surface area contributed by atoms with E-state index in [1.54, 1.807) is 11.3 Å². The lowest BCUT2D eigenvalue weighted by atomic mass is 10.1. The first-order chi connectivity index (χ1) is 9.65. The van der Waals surface area contributed by atoms with Crippen LogP contribution < -0.4 is 0 Å². The molecule has 3 aromatic rings. The van der Waals surface area contributed by atoms with Gasteiger partial charge < -0.3 is 0 Å². The molecule has 0 aliphatic rings. The smallest absolute Gasteiger partial charge is 0.159 e. The number of hydrogen-bond acceptors (Lipinski definition) is 5. The molecule has 20 heavy (non-hydrogen) atoms. The molecular formula is C14H12ClN3S2. The van der Waals surface area contributed by atoms with Gasteiger partial charge in [-0.25, -0.2) is 4.98 Å². The fourth-order valence-electron chi connectivity index (χ4n) is 1.92. The lowest BCUT2D eigenvalue weighted by Gasteiger charge is -2.04. The largest absolute Gasteiger partial charge is 0.246 e. The van der Waals surface area contributed by atoms with Crippen LogP contribution in [-0.4, -0.2) is 15.2 Å². The number of rotatable bonds is 3. The van der Waals surface area contributed by atoms with Crippen LogP contribution in [0.2, 0.25) is 0 Å². The second-order valence-corrected chi connectivity index (χ2v) is 7.01. The van der Waals surface area contributed by atoms with E-state index in [2.05, 4.69) is 15.2 Å². The summed E-state index contributed by atoms with van der Waals surface area (Å²) in [6.45, 7) is 3.99. The van der Waals surface area contributed by atoms with Crippen molar-refractivity contribution in [2.45, 2.75) is 19.2 Å². The number of nitrogens with zero attached hydrogens (tertiary/aromatic N) is 3. The number of alkyl halides is 1. The van der Waals surface area contributed by atoms with Gasteiger partial charge in [-0.3, -0.25) is 0 Å². The molecule has 0 aliphatic heterocycles. The van der Waals surface area contributed by atoms with E-state index in [0.717, 1.165) is 31.2 Å². The first-order valence-electron chi connectivity index (χ1n) is 6.12. The Morgan fingerprint density at radius 3 is 2.45 bits per heavy atom. The highest BCUT2D eigenvalue weighted by Gasteiger charge is 2.18. The summed E-state index contributed by atoms with van der Waals surface area (Å²) < 4.78 is 0. The van der Waals surface area contributed by atoms with Gasteiger partial charge >= 0.3 is 0 Å². The molecule has 3 rings (SSSR count). The summed E-state index contributed by atoms with van der Waals surface area (Å²) in [4.78, 5) is 5.51. The second-order valence-electron chi connectivity index (χ2n) is 4.37. The molecule has 0 spiro atoms. The molecule has 0 radical (unpaired) electrons. The van der Waals surface area contributed by atoms with Gasteiger partial charge in [0.1, 0.15) is 10.4 Å². The number of halogens is 1. The minimum Gasteiger partial charge on any atom is -0.246 e. The van der Waals surface area contributed by atoms with Crippen molar-refractivity contribution in [1.82, 2.24) is 15.2 Å². The van der Waals surface area contributed by atoms with Gasteiger partial charge in [0.05, 0.1) is 15.6 Å². The fraction of sp³-hybridized carbons (Fsp3) is 0.214. The Balaban J connectivity index is 1.93. The predicted molar refractivity (Wildman–Crippen MR) is 84.6 cm³/mol. The van der Waals surface area contributed by atoms with Crippen molar-refractivity contribution in [2.75, 3.05) is 0 Å². The fourth-order valence-corrected chi connectivity index (χ4v) is 4.14. The van der Waals surface area contributed by atoms with Crippen LogP contribution in [0.1, 0.15) is 26.6 Å². The number of thiazole rings is 1. The van der Waals surface area contributed by atoms with E-state index < -0.39 is 0 Å². The molecule has 0 saturated carbocycles. The molecule has 0 fully saturated rings. The summed E-state index contributed by atoms with van der Waals surface area (Å²) in [6, 6.07) is 9.93. The Morgan fingerprint density at radius 2 is 1.80 bits per heavy atom. The number of hydrogen-bond donors (Lipinski definition) is 0. The maximum Gasteiger partial charge on any atom is 0.159 e. The second kappa shape index (κ2) is 5.60. The van der Waals surface area contributed by atoms with Crippen molar-refractivity contribution in [1.29, 1.82) is 0 Å². The maximum atomic E-state index is 6.47. The third kappa shape index (κ3) is 2.61. The van der Waals surface area contributed by atoms with Crippen molar-refractivity contribution >= 4 is 34.3 Å². The molecule has 1 unspecified atom stereocenters. The van der Waals surface area contributed by atoms with Gasteiger partial charge in [0.2, 0.25) is 0 Å². The van der Waals surface area contributed by atoms with Crippen LogP contribution in [0.5, 0.6) is 0 Å². The first-order valence-corrected chi connectivity index (χ1v) is 8.19. The number of aromatic nitrogens is 3. The molecule has 102 valence electrons. The summed E-state index contributed by atoms with van der Waals surface area (Å²) in [5, 5.41) is 11.0. The van der Waals surface area contributed by atoms with Crippen molar-refractivity contribution < 1.29 is 0 Å². The Hall–Kier alpha value is -1.30. The normalized spacial score (nSPS) is 12.6. The summed E-state index contributed by atoms with van der Waals surface area (Å²) in [6.07, 6.45) is 0. The minimum atomic E-state index is -0.253. The van der Waals surface area contributed by atoms with Crippen molar-refractivity contribution in [3.05, 3.63) is 51.6 Å². The molecule has 0 saturated heterocycles. The molecule has 0 bridgehead atoms. The van der Waals surface area contributed by atoms with Gasteiger partial charge in [-0.15, -0.1) is 33.1 Å². The lowest BCUT2D eigenvalue weighted by molar-refractivity contribution is 0.988. The monoisotopic (exact) mass is 321 g/mol. The highest BCUT2D eigenvalue weighted by Crippen LogP contribution is 2.36. The van der Waals surface area contributed by atoms with Gasteiger partial charge in [-0.05, 0) is 19.4 Å². The third-order valence-electron chi connectivity index (χ3n) is 2.85. The maximum absolute atomic E-state index is 6.47. The molecule has 1 aromatic carbocycles. The van der Waals surface area contributed by atoms with Crippen LogP contribution in [0.15, 0.2) is 30.3 Å². The van der Waals surface area contributed by atoms with Crippen LogP contribution in [-0.2, 0) is 0 Å². The average molecular weight is 322 g/mol. The quantitative estimate of drug-likeness (QED) is 0.661. The van der Waals surface area contributed by atoms with Gasteiger partial charge in [0, 0.05) is 0 Å². The van der Waals surface area contributed by atoms with E-state index in [1.807, 2.05) is 44.2 Å². The molecule has 0 N–H and O–H groups in total. The average Bonchev–Trinajstić information content (AvgIpc) is 3.05. The zero-order chi connectivity index (χ0) is 14.1. The van der Waals surface area contributed by atoms with E-state index in [0.29, 0.717) is 0 Å². The molecule has 1 atom stereocenters. The van der Waals surface area contributed by atoms with Gasteiger partial charge in [0.15, 0.2) is 5.01 Å². The van der Waals surface area contributed by atoms with Gasteiger partial charge in [-0.2, -0.15) is 0 Å². The summed E-state index contributed by atoms with van der Waals surface area (Å²) in [5.74, 6) is 0. The van der Waals surface area contributed by atoms with Crippen LogP contribution >= 0.6 is 34.3 Å². The Labute approximate surface area is 130 Å². The zero-order valence-corrected chi connectivity index (χ0v) is 13.4. The number of benzene rings is 1. The molecule has 3 nitrogen and oxygen atoms in total. The Kier molecular flexibility index (Phi) is 3.83. The molecule has 0 amide bonds. The standard InChI is InChI=1S/C14H12ClN3S2/c1-8-12(19-9(2)16-8)14-18-17-13(20-14)11(15)10-6-4-3-5-7-10/h3-7,11H,1-2H3. The Bertz CT molecular complexity index is 721. The summed E-state index contributed by atoms with van der Waals surface area (Å²) in [5.41, 5.74) is 2.04. The highest BCUT2D eigenvalue weighted by molar-refractivity contribution is 7.21. The zero-order valence-electron chi connectivity index (χ0n) is 11.0. The first kappa shape index (κ1) is 13.7. The van der Waals surface area contributed by atoms with E-state index in [9.17, 15) is 0 Å². The van der Waals surface area contributed by atoms with Crippen LogP contribution in [0.25, 0.3) is 9.88 Å². The highest BCUT2D eigenvalue weighted by atomic mass is 35.5.